The molecule has 2 rings (SSSR count). The molecule has 0 amide bonds. The summed E-state index contributed by atoms with van der Waals surface area (Å²) in [4.78, 5) is 2.36. The van der Waals surface area contributed by atoms with Crippen LogP contribution in [0, 0.1) is 11.8 Å². The summed E-state index contributed by atoms with van der Waals surface area (Å²) in [5, 5.41) is 3.46. The van der Waals surface area contributed by atoms with Gasteiger partial charge in [-0.3, -0.25) is 0 Å². The van der Waals surface area contributed by atoms with Crippen molar-refractivity contribution < 1.29 is 0 Å². The predicted octanol–water partition coefficient (Wildman–Crippen LogP) is 2.11. The zero-order chi connectivity index (χ0) is 12.8. The molecule has 0 aromatic heterocycles. The number of nitrogens with zero attached hydrogens (tertiary/aromatic N) is 1. The zero-order valence-electron chi connectivity index (χ0n) is 11.4. The van der Waals surface area contributed by atoms with E-state index in [0.717, 1.165) is 18.7 Å². The van der Waals surface area contributed by atoms with E-state index < -0.39 is 0 Å². The zero-order valence-corrected chi connectivity index (χ0v) is 11.4. The minimum Gasteiger partial charge on any atom is -0.304 e. The molecule has 0 saturated heterocycles. The fourth-order valence-corrected chi connectivity index (χ4v) is 2.39. The summed E-state index contributed by atoms with van der Waals surface area (Å²) >= 11 is 0. The highest BCUT2D eigenvalue weighted by Crippen LogP contribution is 2.35. The molecule has 0 unspecified atom stereocenters. The molecule has 2 heteroatoms. The average Bonchev–Trinajstić information content (AvgIpc) is 2.32. The first kappa shape index (κ1) is 13.1. The van der Waals surface area contributed by atoms with Gasteiger partial charge in [-0.25, -0.2) is 0 Å². The molecule has 0 radical (unpaired) electrons. The molecular formula is C16H22N2. The first-order valence-corrected chi connectivity index (χ1v) is 6.65. The van der Waals surface area contributed by atoms with Crippen molar-refractivity contribution in [3.8, 4) is 11.8 Å². The van der Waals surface area contributed by atoms with Crippen LogP contribution in [0.4, 0.5) is 0 Å². The van der Waals surface area contributed by atoms with Crippen LogP contribution in [0.2, 0.25) is 0 Å². The van der Waals surface area contributed by atoms with E-state index in [0.29, 0.717) is 5.54 Å². The Bertz CT molecular complexity index is 421. The van der Waals surface area contributed by atoms with Gasteiger partial charge in [-0.2, -0.15) is 0 Å². The van der Waals surface area contributed by atoms with Gasteiger partial charge in [0.25, 0.3) is 0 Å². The smallest absolute Gasteiger partial charge is 0.0580 e. The van der Waals surface area contributed by atoms with Gasteiger partial charge in [0.15, 0.2) is 0 Å². The maximum absolute atomic E-state index is 3.46. The van der Waals surface area contributed by atoms with E-state index in [4.69, 9.17) is 0 Å². The third-order valence-electron chi connectivity index (χ3n) is 3.91. The first-order chi connectivity index (χ1) is 8.73. The van der Waals surface area contributed by atoms with Gasteiger partial charge in [0.2, 0.25) is 0 Å². The molecule has 1 aliphatic rings. The Labute approximate surface area is 110 Å². The topological polar surface area (TPSA) is 15.3 Å². The summed E-state index contributed by atoms with van der Waals surface area (Å²) < 4.78 is 0. The van der Waals surface area contributed by atoms with Crippen LogP contribution < -0.4 is 5.32 Å². The van der Waals surface area contributed by atoms with E-state index in [9.17, 15) is 0 Å². The molecule has 1 saturated carbocycles. The molecule has 0 heterocycles. The second-order valence-electron chi connectivity index (χ2n) is 5.24. The Balaban J connectivity index is 1.75. The quantitative estimate of drug-likeness (QED) is 0.642. The van der Waals surface area contributed by atoms with Gasteiger partial charge in [-0.15, -0.1) is 0 Å². The third kappa shape index (κ3) is 3.13. The Kier molecular flexibility index (Phi) is 4.41. The second-order valence-corrected chi connectivity index (χ2v) is 5.24. The molecule has 1 N–H and O–H groups in total. The minimum absolute atomic E-state index is 0.383. The number of nitrogens with one attached hydrogen (secondary N) is 1. The van der Waals surface area contributed by atoms with Gasteiger partial charge in [0.1, 0.15) is 0 Å². The van der Waals surface area contributed by atoms with Crippen LogP contribution >= 0.6 is 0 Å². The summed E-state index contributed by atoms with van der Waals surface area (Å²) in [7, 11) is 4.35. The molecule has 1 aromatic rings. The van der Waals surface area contributed by atoms with Crippen molar-refractivity contribution in [3.05, 3.63) is 35.9 Å². The largest absolute Gasteiger partial charge is 0.304 e. The number of likely N-dealkylation sites (N-methyl/N-ethyl adjacent to an activating group) is 1. The summed E-state index contributed by atoms with van der Waals surface area (Å²) in [5.74, 6) is 6.35. The van der Waals surface area contributed by atoms with Crippen LogP contribution in [-0.4, -0.2) is 37.6 Å². The predicted molar refractivity (Wildman–Crippen MR) is 76.5 cm³/mol. The molecule has 1 fully saturated rings. The van der Waals surface area contributed by atoms with E-state index in [1.807, 2.05) is 30.3 Å². The molecule has 96 valence electrons. The van der Waals surface area contributed by atoms with Crippen LogP contribution in [0.15, 0.2) is 30.3 Å². The van der Waals surface area contributed by atoms with Crippen molar-refractivity contribution in [2.75, 3.05) is 27.2 Å². The molecule has 18 heavy (non-hydrogen) atoms. The molecular weight excluding hydrogens is 220 g/mol. The fourth-order valence-electron chi connectivity index (χ4n) is 2.39. The average molecular weight is 242 g/mol. The van der Waals surface area contributed by atoms with Gasteiger partial charge in [0.05, 0.1) is 6.54 Å². The standard InChI is InChI=1S/C16H22N2/c1-18(2)16(11-7-12-16)14-17-13-6-10-15-8-4-3-5-9-15/h3-5,8-9,17H,7,11-14H2,1-2H3. The highest BCUT2D eigenvalue weighted by atomic mass is 15.2. The molecule has 1 aromatic carbocycles. The highest BCUT2D eigenvalue weighted by molar-refractivity contribution is 5.33. The molecule has 0 bridgehead atoms. The third-order valence-corrected chi connectivity index (χ3v) is 3.91. The minimum atomic E-state index is 0.383. The first-order valence-electron chi connectivity index (χ1n) is 6.65. The lowest BCUT2D eigenvalue weighted by atomic mass is 9.75. The van der Waals surface area contributed by atoms with Crippen LogP contribution in [0.5, 0.6) is 0 Å². The lowest BCUT2D eigenvalue weighted by Gasteiger charge is -2.47. The monoisotopic (exact) mass is 242 g/mol. The fraction of sp³-hybridized carbons (Fsp3) is 0.500. The van der Waals surface area contributed by atoms with Gasteiger partial charge >= 0.3 is 0 Å². The summed E-state index contributed by atoms with van der Waals surface area (Å²) in [5.41, 5.74) is 1.47. The second kappa shape index (κ2) is 6.04. The van der Waals surface area contributed by atoms with E-state index in [-0.39, 0.29) is 0 Å². The Morgan fingerprint density at radius 3 is 2.50 bits per heavy atom. The van der Waals surface area contributed by atoms with Crippen LogP contribution in [0.25, 0.3) is 0 Å². The van der Waals surface area contributed by atoms with Crippen molar-refractivity contribution in [3.63, 3.8) is 0 Å². The Morgan fingerprint density at radius 1 is 1.22 bits per heavy atom. The van der Waals surface area contributed by atoms with E-state index in [1.165, 1.54) is 19.3 Å². The number of benzene rings is 1. The summed E-state index contributed by atoms with van der Waals surface area (Å²) in [6.45, 7) is 1.81. The molecule has 0 spiro atoms. The van der Waals surface area contributed by atoms with Crippen LogP contribution in [0.3, 0.4) is 0 Å². The molecule has 0 aliphatic heterocycles. The van der Waals surface area contributed by atoms with Crippen molar-refractivity contribution in [2.24, 2.45) is 0 Å². The molecule has 1 aliphatic carbocycles. The van der Waals surface area contributed by atoms with E-state index in [2.05, 4.69) is 36.2 Å². The molecule has 0 atom stereocenters. The van der Waals surface area contributed by atoms with Gasteiger partial charge < -0.3 is 10.2 Å². The van der Waals surface area contributed by atoms with Crippen molar-refractivity contribution in [2.45, 2.75) is 24.8 Å². The van der Waals surface area contributed by atoms with Gasteiger partial charge in [-0.1, -0.05) is 30.0 Å². The van der Waals surface area contributed by atoms with Gasteiger partial charge in [0, 0.05) is 17.6 Å². The lowest BCUT2D eigenvalue weighted by Crippen LogP contribution is -2.56. The normalized spacial score (nSPS) is 16.8. The maximum Gasteiger partial charge on any atom is 0.0580 e. The number of hydrogen-bond donors (Lipinski definition) is 1. The maximum atomic E-state index is 3.46. The van der Waals surface area contributed by atoms with E-state index >= 15 is 0 Å². The Hall–Kier alpha value is -1.30. The number of hydrogen-bond acceptors (Lipinski definition) is 2. The SMILES string of the molecule is CN(C)C1(CNCC#Cc2ccccc2)CCC1. The Morgan fingerprint density at radius 2 is 1.94 bits per heavy atom. The van der Waals surface area contributed by atoms with Crippen molar-refractivity contribution >= 4 is 0 Å². The van der Waals surface area contributed by atoms with Crippen molar-refractivity contribution in [1.29, 1.82) is 0 Å². The van der Waals surface area contributed by atoms with Crippen LogP contribution in [-0.2, 0) is 0 Å². The van der Waals surface area contributed by atoms with E-state index in [1.54, 1.807) is 0 Å². The number of rotatable bonds is 4. The van der Waals surface area contributed by atoms with Gasteiger partial charge in [-0.05, 0) is 45.5 Å². The van der Waals surface area contributed by atoms with Crippen LogP contribution in [0.1, 0.15) is 24.8 Å². The summed E-state index contributed by atoms with van der Waals surface area (Å²) in [6.07, 6.45) is 3.97. The summed E-state index contributed by atoms with van der Waals surface area (Å²) in [6, 6.07) is 10.1. The lowest BCUT2D eigenvalue weighted by molar-refractivity contribution is 0.0613. The highest BCUT2D eigenvalue weighted by Gasteiger charge is 2.38. The van der Waals surface area contributed by atoms with Crippen molar-refractivity contribution in [1.82, 2.24) is 10.2 Å². The molecule has 2 nitrogen and oxygen atoms in total.